The molecule has 0 unspecified atom stereocenters. The smallest absolute Gasteiger partial charge is 0.129 e. The quantitative estimate of drug-likeness (QED) is 0.484. The lowest BCUT2D eigenvalue weighted by Gasteiger charge is -2.18. The third-order valence-corrected chi connectivity index (χ3v) is 2.69. The Balaban J connectivity index is 3.06. The van der Waals surface area contributed by atoms with Crippen LogP contribution in [0.1, 0.15) is 39.2 Å². The standard InChI is InChI=1S/C13H18FNO2/c1-4-11(5-2)17-13-7-6-10(14)8-12(13)9(3)15-16/h6-8,11,16H,4-5H2,1-3H3. The molecule has 3 nitrogen and oxygen atoms in total. The molecule has 0 aliphatic carbocycles. The average molecular weight is 239 g/mol. The van der Waals surface area contributed by atoms with E-state index in [1.165, 1.54) is 12.1 Å². The van der Waals surface area contributed by atoms with Gasteiger partial charge in [0.05, 0.1) is 11.8 Å². The maximum absolute atomic E-state index is 13.2. The normalized spacial score (nSPS) is 11.9. The van der Waals surface area contributed by atoms with Gasteiger partial charge in [0.15, 0.2) is 0 Å². The van der Waals surface area contributed by atoms with Crippen molar-refractivity contribution in [2.24, 2.45) is 5.16 Å². The molecule has 0 radical (unpaired) electrons. The lowest BCUT2D eigenvalue weighted by Crippen LogP contribution is -2.15. The highest BCUT2D eigenvalue weighted by Gasteiger charge is 2.12. The Morgan fingerprint density at radius 3 is 2.59 bits per heavy atom. The first-order valence-corrected chi connectivity index (χ1v) is 5.77. The Bertz CT molecular complexity index is 400. The maximum Gasteiger partial charge on any atom is 0.129 e. The van der Waals surface area contributed by atoms with E-state index >= 15 is 0 Å². The topological polar surface area (TPSA) is 41.8 Å². The van der Waals surface area contributed by atoms with Gasteiger partial charge in [-0.3, -0.25) is 0 Å². The van der Waals surface area contributed by atoms with Crippen molar-refractivity contribution in [2.45, 2.75) is 39.7 Å². The summed E-state index contributed by atoms with van der Waals surface area (Å²) in [5.74, 6) is 0.176. The molecule has 94 valence electrons. The minimum Gasteiger partial charge on any atom is -0.490 e. The van der Waals surface area contributed by atoms with Crippen LogP contribution in [-0.2, 0) is 0 Å². The van der Waals surface area contributed by atoms with Gasteiger partial charge in [-0.25, -0.2) is 4.39 Å². The SMILES string of the molecule is CCC(CC)Oc1ccc(F)cc1C(C)=NO. The first-order valence-electron chi connectivity index (χ1n) is 5.77. The fraction of sp³-hybridized carbons (Fsp3) is 0.462. The molecule has 0 spiro atoms. The Labute approximate surface area is 101 Å². The van der Waals surface area contributed by atoms with Gasteiger partial charge in [0, 0.05) is 5.56 Å². The molecule has 1 rings (SSSR count). The lowest BCUT2D eigenvalue weighted by molar-refractivity contribution is 0.192. The number of ether oxygens (including phenoxy) is 1. The molecule has 0 aliphatic rings. The van der Waals surface area contributed by atoms with E-state index in [0.717, 1.165) is 12.8 Å². The summed E-state index contributed by atoms with van der Waals surface area (Å²) in [6, 6.07) is 4.22. The summed E-state index contributed by atoms with van der Waals surface area (Å²) in [6.45, 7) is 5.67. The molecule has 0 bridgehead atoms. The van der Waals surface area contributed by atoms with Crippen LogP contribution in [0.15, 0.2) is 23.4 Å². The molecule has 0 fully saturated rings. The predicted molar refractivity (Wildman–Crippen MR) is 65.4 cm³/mol. The molecular weight excluding hydrogens is 221 g/mol. The molecule has 1 aromatic carbocycles. The average Bonchev–Trinajstić information content (AvgIpc) is 2.36. The monoisotopic (exact) mass is 239 g/mol. The molecule has 17 heavy (non-hydrogen) atoms. The summed E-state index contributed by atoms with van der Waals surface area (Å²) in [7, 11) is 0. The lowest BCUT2D eigenvalue weighted by atomic mass is 10.1. The highest BCUT2D eigenvalue weighted by atomic mass is 19.1. The third-order valence-electron chi connectivity index (χ3n) is 2.69. The molecule has 4 heteroatoms. The molecule has 0 aliphatic heterocycles. The zero-order valence-electron chi connectivity index (χ0n) is 10.4. The van der Waals surface area contributed by atoms with E-state index < -0.39 is 0 Å². The van der Waals surface area contributed by atoms with E-state index in [1.54, 1.807) is 13.0 Å². The van der Waals surface area contributed by atoms with Crippen LogP contribution >= 0.6 is 0 Å². The Hall–Kier alpha value is -1.58. The van der Waals surface area contributed by atoms with Crippen molar-refractivity contribution in [3.8, 4) is 5.75 Å². The van der Waals surface area contributed by atoms with Crippen molar-refractivity contribution in [3.05, 3.63) is 29.6 Å². The van der Waals surface area contributed by atoms with Crippen LogP contribution in [0.4, 0.5) is 4.39 Å². The van der Waals surface area contributed by atoms with E-state index in [4.69, 9.17) is 9.94 Å². The Morgan fingerprint density at radius 1 is 1.41 bits per heavy atom. The Kier molecular flexibility index (Phi) is 4.94. The summed E-state index contributed by atoms with van der Waals surface area (Å²) in [4.78, 5) is 0. The van der Waals surface area contributed by atoms with Gasteiger partial charge in [-0.05, 0) is 38.0 Å². The molecule has 1 aromatic rings. The number of halogens is 1. The summed E-state index contributed by atoms with van der Waals surface area (Å²) in [5.41, 5.74) is 0.824. The van der Waals surface area contributed by atoms with Crippen molar-refractivity contribution in [3.63, 3.8) is 0 Å². The second-order valence-electron chi connectivity index (χ2n) is 3.88. The van der Waals surface area contributed by atoms with Gasteiger partial charge >= 0.3 is 0 Å². The maximum atomic E-state index is 13.2. The van der Waals surface area contributed by atoms with E-state index in [0.29, 0.717) is 17.0 Å². The molecule has 1 N–H and O–H groups in total. The van der Waals surface area contributed by atoms with Gasteiger partial charge in [0.25, 0.3) is 0 Å². The summed E-state index contributed by atoms with van der Waals surface area (Å²) >= 11 is 0. The molecule has 0 amide bonds. The van der Waals surface area contributed by atoms with Crippen LogP contribution in [0.2, 0.25) is 0 Å². The van der Waals surface area contributed by atoms with Crippen molar-refractivity contribution in [2.75, 3.05) is 0 Å². The van der Waals surface area contributed by atoms with Gasteiger partial charge in [0.2, 0.25) is 0 Å². The molecule has 0 saturated carbocycles. The van der Waals surface area contributed by atoms with E-state index in [9.17, 15) is 4.39 Å². The van der Waals surface area contributed by atoms with Crippen molar-refractivity contribution in [1.82, 2.24) is 0 Å². The van der Waals surface area contributed by atoms with Gasteiger partial charge in [0.1, 0.15) is 11.6 Å². The number of hydrogen-bond donors (Lipinski definition) is 1. The van der Waals surface area contributed by atoms with Crippen LogP contribution in [0.5, 0.6) is 5.75 Å². The highest BCUT2D eigenvalue weighted by molar-refractivity contribution is 6.00. The molecule has 0 aromatic heterocycles. The zero-order chi connectivity index (χ0) is 12.8. The Morgan fingerprint density at radius 2 is 2.06 bits per heavy atom. The summed E-state index contributed by atoms with van der Waals surface area (Å²) in [5, 5.41) is 11.9. The largest absolute Gasteiger partial charge is 0.490 e. The minimum absolute atomic E-state index is 0.0886. The van der Waals surface area contributed by atoms with Crippen molar-refractivity contribution in [1.29, 1.82) is 0 Å². The van der Waals surface area contributed by atoms with Gasteiger partial charge in [-0.2, -0.15) is 0 Å². The number of benzene rings is 1. The number of hydrogen-bond acceptors (Lipinski definition) is 3. The molecular formula is C13H18FNO2. The van der Waals surface area contributed by atoms with E-state index in [2.05, 4.69) is 5.16 Å². The van der Waals surface area contributed by atoms with Crippen LogP contribution < -0.4 is 4.74 Å². The fourth-order valence-corrected chi connectivity index (χ4v) is 1.58. The first kappa shape index (κ1) is 13.5. The zero-order valence-corrected chi connectivity index (χ0v) is 10.4. The first-order chi connectivity index (χ1) is 8.12. The van der Waals surface area contributed by atoms with Gasteiger partial charge in [-0.1, -0.05) is 19.0 Å². The highest BCUT2D eigenvalue weighted by Crippen LogP contribution is 2.23. The molecule has 0 atom stereocenters. The molecule has 0 heterocycles. The van der Waals surface area contributed by atoms with Gasteiger partial charge in [-0.15, -0.1) is 0 Å². The van der Waals surface area contributed by atoms with Crippen molar-refractivity contribution >= 4 is 5.71 Å². The van der Waals surface area contributed by atoms with Crippen LogP contribution in [-0.4, -0.2) is 17.0 Å². The van der Waals surface area contributed by atoms with Gasteiger partial charge < -0.3 is 9.94 Å². The number of oxime groups is 1. The minimum atomic E-state index is -0.375. The second-order valence-corrected chi connectivity index (χ2v) is 3.88. The van der Waals surface area contributed by atoms with Crippen LogP contribution in [0.25, 0.3) is 0 Å². The second kappa shape index (κ2) is 6.23. The predicted octanol–water partition coefficient (Wildman–Crippen LogP) is 3.59. The summed E-state index contributed by atoms with van der Waals surface area (Å²) < 4.78 is 18.9. The molecule has 0 saturated heterocycles. The number of nitrogens with zero attached hydrogens (tertiary/aromatic N) is 1. The third kappa shape index (κ3) is 3.44. The fourth-order valence-electron chi connectivity index (χ4n) is 1.58. The summed E-state index contributed by atoms with van der Waals surface area (Å²) in [6.07, 6.45) is 1.84. The number of rotatable bonds is 5. The van der Waals surface area contributed by atoms with Crippen molar-refractivity contribution < 1.29 is 14.3 Å². The van der Waals surface area contributed by atoms with E-state index in [1.807, 2.05) is 13.8 Å². The van der Waals surface area contributed by atoms with Crippen LogP contribution in [0.3, 0.4) is 0 Å². The van der Waals surface area contributed by atoms with E-state index in [-0.39, 0.29) is 11.9 Å². The van der Waals surface area contributed by atoms with Crippen LogP contribution in [0, 0.1) is 5.82 Å².